The van der Waals surface area contributed by atoms with Gasteiger partial charge in [0, 0.05) is 33.1 Å². The van der Waals surface area contributed by atoms with Crippen LogP contribution in [0, 0.1) is 0 Å². The van der Waals surface area contributed by atoms with E-state index >= 15 is 0 Å². The lowest BCUT2D eigenvalue weighted by atomic mass is 9.95. The van der Waals surface area contributed by atoms with E-state index in [0.29, 0.717) is 0 Å². The van der Waals surface area contributed by atoms with Gasteiger partial charge in [-0.3, -0.25) is 0 Å². The minimum Gasteiger partial charge on any atom is -0.455 e. The molecule has 12 aromatic rings. The van der Waals surface area contributed by atoms with Crippen LogP contribution >= 0.6 is 0 Å². The second kappa shape index (κ2) is 14.8. The van der Waals surface area contributed by atoms with Gasteiger partial charge in [0.2, 0.25) is 0 Å². The van der Waals surface area contributed by atoms with Gasteiger partial charge in [0.15, 0.2) is 0 Å². The Balaban J connectivity index is 1.02. The lowest BCUT2D eigenvalue weighted by Crippen LogP contribution is -2.11. The number of hydrogen-bond donors (Lipinski definition) is 0. The van der Waals surface area contributed by atoms with Crippen LogP contribution in [0.3, 0.4) is 0 Å². The van der Waals surface area contributed by atoms with Gasteiger partial charge < -0.3 is 9.32 Å². The van der Waals surface area contributed by atoms with Crippen molar-refractivity contribution in [1.29, 1.82) is 0 Å². The third kappa shape index (κ3) is 6.12. The van der Waals surface area contributed by atoms with Crippen LogP contribution in [-0.4, -0.2) is 0 Å². The lowest BCUT2D eigenvalue weighted by Gasteiger charge is -2.28. The molecule has 11 aromatic carbocycles. The van der Waals surface area contributed by atoms with E-state index in [0.717, 1.165) is 66.6 Å². The van der Waals surface area contributed by atoms with Crippen LogP contribution in [-0.2, 0) is 0 Å². The molecule has 290 valence electrons. The van der Waals surface area contributed by atoms with Crippen molar-refractivity contribution in [2.24, 2.45) is 0 Å². The van der Waals surface area contributed by atoms with E-state index in [1.807, 2.05) is 0 Å². The molecule has 0 spiro atoms. The van der Waals surface area contributed by atoms with Gasteiger partial charge in [0.25, 0.3) is 0 Å². The van der Waals surface area contributed by atoms with Gasteiger partial charge in [-0.1, -0.05) is 182 Å². The maximum absolute atomic E-state index is 6.69. The summed E-state index contributed by atoms with van der Waals surface area (Å²) in [5.41, 5.74) is 14.4. The number of benzene rings is 11. The predicted octanol–water partition coefficient (Wildman–Crippen LogP) is 17.2. The molecule has 0 bridgehead atoms. The first-order valence-corrected chi connectivity index (χ1v) is 21.2. The predicted molar refractivity (Wildman–Crippen MR) is 263 cm³/mol. The zero-order chi connectivity index (χ0) is 41.0. The second-order valence-electron chi connectivity index (χ2n) is 16.1. The molecule has 12 rings (SSSR count). The molecule has 0 aliphatic rings. The Morgan fingerprint density at radius 2 is 0.871 bits per heavy atom. The van der Waals surface area contributed by atoms with Crippen molar-refractivity contribution in [2.45, 2.75) is 0 Å². The Hall–Kier alpha value is -8.20. The Kier molecular flexibility index (Phi) is 8.53. The molecule has 1 heterocycles. The number of rotatable bonds is 7. The van der Waals surface area contributed by atoms with E-state index in [9.17, 15) is 0 Å². The van der Waals surface area contributed by atoms with E-state index in [1.54, 1.807) is 0 Å². The quantitative estimate of drug-likeness (QED) is 0.160. The third-order valence-electron chi connectivity index (χ3n) is 12.4. The monoisotopic (exact) mass is 789 g/mol. The minimum absolute atomic E-state index is 0.878. The Morgan fingerprint density at radius 3 is 1.74 bits per heavy atom. The summed E-state index contributed by atoms with van der Waals surface area (Å²) in [5, 5.41) is 9.49. The molecular weight excluding hydrogens is 751 g/mol. The van der Waals surface area contributed by atoms with Gasteiger partial charge in [0.1, 0.15) is 11.2 Å². The van der Waals surface area contributed by atoms with E-state index in [-0.39, 0.29) is 0 Å². The highest BCUT2D eigenvalue weighted by Gasteiger charge is 2.21. The number of furan rings is 1. The molecule has 2 nitrogen and oxygen atoms in total. The van der Waals surface area contributed by atoms with Crippen LogP contribution in [0.5, 0.6) is 0 Å². The second-order valence-corrected chi connectivity index (χ2v) is 16.1. The summed E-state index contributed by atoms with van der Waals surface area (Å²) in [6, 6.07) is 85.5. The molecule has 0 amide bonds. The fourth-order valence-electron chi connectivity index (χ4n) is 9.44. The highest BCUT2D eigenvalue weighted by Crippen LogP contribution is 2.46. The average molecular weight is 790 g/mol. The standard InChI is InChI=1S/C60H39NO/c1-2-16-44-37-47(30-29-40(44)13-1)46-19-10-21-50(39-46)61(49-34-31-41(32-35-49)45-18-9-20-48(38-45)52-25-11-17-42-14-3-5-22-51(42)52)57-27-8-7-24-54(57)55-26-12-28-58-59(55)56-36-33-43-15-4-6-23-53(43)60(56)62-58/h1-39H. The summed E-state index contributed by atoms with van der Waals surface area (Å²) in [4.78, 5) is 2.41. The van der Waals surface area contributed by atoms with Crippen molar-refractivity contribution < 1.29 is 4.42 Å². The highest BCUT2D eigenvalue weighted by atomic mass is 16.3. The first kappa shape index (κ1) is 35.7. The molecule has 0 aliphatic heterocycles. The van der Waals surface area contributed by atoms with Crippen molar-refractivity contribution in [1.82, 2.24) is 0 Å². The van der Waals surface area contributed by atoms with Gasteiger partial charge in [-0.05, 0) is 120 Å². The highest BCUT2D eigenvalue weighted by molar-refractivity contribution is 6.19. The lowest BCUT2D eigenvalue weighted by molar-refractivity contribution is 0.673. The van der Waals surface area contributed by atoms with Gasteiger partial charge in [-0.25, -0.2) is 0 Å². The first-order valence-electron chi connectivity index (χ1n) is 21.2. The van der Waals surface area contributed by atoms with Crippen molar-refractivity contribution >= 4 is 71.3 Å². The molecular formula is C60H39NO. The molecule has 0 radical (unpaired) electrons. The zero-order valence-corrected chi connectivity index (χ0v) is 33.9. The summed E-state index contributed by atoms with van der Waals surface area (Å²) in [6.07, 6.45) is 0. The van der Waals surface area contributed by atoms with Crippen molar-refractivity contribution in [2.75, 3.05) is 4.90 Å². The summed E-state index contributed by atoms with van der Waals surface area (Å²) >= 11 is 0. The molecule has 0 aliphatic carbocycles. The summed E-state index contributed by atoms with van der Waals surface area (Å²) < 4.78 is 6.69. The molecule has 1 aromatic heterocycles. The Bertz CT molecular complexity index is 3650. The molecule has 0 fully saturated rings. The number of hydrogen-bond acceptors (Lipinski definition) is 2. The van der Waals surface area contributed by atoms with Gasteiger partial charge >= 0.3 is 0 Å². The largest absolute Gasteiger partial charge is 0.455 e. The van der Waals surface area contributed by atoms with E-state index in [4.69, 9.17) is 4.42 Å². The molecule has 0 saturated carbocycles. The number of anilines is 3. The molecule has 0 atom stereocenters. The van der Waals surface area contributed by atoms with Crippen molar-refractivity contribution in [3.8, 4) is 44.5 Å². The fraction of sp³-hybridized carbons (Fsp3) is 0. The fourth-order valence-corrected chi connectivity index (χ4v) is 9.44. The minimum atomic E-state index is 0.878. The molecule has 62 heavy (non-hydrogen) atoms. The van der Waals surface area contributed by atoms with Crippen LogP contribution in [0.2, 0.25) is 0 Å². The van der Waals surface area contributed by atoms with E-state index in [2.05, 4.69) is 241 Å². The number of para-hydroxylation sites is 1. The number of nitrogens with zero attached hydrogens (tertiary/aromatic N) is 1. The van der Waals surface area contributed by atoms with Crippen LogP contribution in [0.25, 0.3) is 98.8 Å². The molecule has 0 unspecified atom stereocenters. The van der Waals surface area contributed by atoms with Gasteiger partial charge in [-0.2, -0.15) is 0 Å². The van der Waals surface area contributed by atoms with Crippen LogP contribution in [0.1, 0.15) is 0 Å². The Morgan fingerprint density at radius 1 is 0.290 bits per heavy atom. The van der Waals surface area contributed by atoms with Crippen LogP contribution in [0.15, 0.2) is 241 Å². The maximum atomic E-state index is 6.69. The molecule has 0 saturated heterocycles. The topological polar surface area (TPSA) is 16.4 Å². The molecule has 0 N–H and O–H groups in total. The summed E-state index contributed by atoms with van der Waals surface area (Å²) in [6.45, 7) is 0. The Labute approximate surface area is 360 Å². The van der Waals surface area contributed by atoms with Gasteiger partial charge in [0.05, 0.1) is 5.69 Å². The SMILES string of the molecule is c1cc(-c2ccc(N(c3cccc(-c4ccc5ccccc5c4)c3)c3ccccc3-c3cccc4oc5c6ccccc6ccc5c34)cc2)cc(-c2cccc3ccccc23)c1. The van der Waals surface area contributed by atoms with Gasteiger partial charge in [-0.15, -0.1) is 0 Å². The number of fused-ring (bicyclic) bond motifs is 7. The van der Waals surface area contributed by atoms with Crippen molar-refractivity contribution in [3.05, 3.63) is 237 Å². The van der Waals surface area contributed by atoms with Crippen molar-refractivity contribution in [3.63, 3.8) is 0 Å². The summed E-state index contributed by atoms with van der Waals surface area (Å²) in [7, 11) is 0. The van der Waals surface area contributed by atoms with Crippen LogP contribution in [0.4, 0.5) is 17.1 Å². The smallest absolute Gasteiger partial charge is 0.143 e. The summed E-state index contributed by atoms with van der Waals surface area (Å²) in [5.74, 6) is 0. The third-order valence-corrected chi connectivity index (χ3v) is 12.4. The zero-order valence-electron chi connectivity index (χ0n) is 33.9. The normalized spacial score (nSPS) is 11.5. The average Bonchev–Trinajstić information content (AvgIpc) is 3.74. The first-order chi connectivity index (χ1) is 30.7. The maximum Gasteiger partial charge on any atom is 0.143 e. The van der Waals surface area contributed by atoms with E-state index in [1.165, 1.54) is 49.2 Å². The van der Waals surface area contributed by atoms with Crippen LogP contribution < -0.4 is 4.90 Å². The van der Waals surface area contributed by atoms with E-state index < -0.39 is 0 Å². The molecule has 2 heteroatoms.